The molecule has 1 atom stereocenters. The molecule has 1 fully saturated rings. The highest BCUT2D eigenvalue weighted by Crippen LogP contribution is 2.27. The second-order valence-electron chi connectivity index (χ2n) is 4.57. The van der Waals surface area contributed by atoms with Crippen LogP contribution in [0.5, 0.6) is 0 Å². The van der Waals surface area contributed by atoms with Crippen molar-refractivity contribution in [1.82, 2.24) is 0 Å². The lowest BCUT2D eigenvalue weighted by molar-refractivity contribution is 0.0540. The molecule has 4 heteroatoms. The Bertz CT molecular complexity index is 375. The van der Waals surface area contributed by atoms with Crippen LogP contribution in [-0.4, -0.2) is 18.8 Å². The maximum Gasteiger partial charge on any atom is 0.125 e. The zero-order chi connectivity index (χ0) is 11.6. The first kappa shape index (κ1) is 11.2. The van der Waals surface area contributed by atoms with E-state index in [1.807, 2.05) is 0 Å². The van der Waals surface area contributed by atoms with Crippen molar-refractivity contribution in [2.75, 3.05) is 24.3 Å². The fourth-order valence-corrected chi connectivity index (χ4v) is 2.01. The second kappa shape index (κ2) is 4.29. The van der Waals surface area contributed by atoms with Crippen molar-refractivity contribution in [3.63, 3.8) is 0 Å². The molecule has 3 N–H and O–H groups in total. The summed E-state index contributed by atoms with van der Waals surface area (Å²) < 4.78 is 18.3. The van der Waals surface area contributed by atoms with Crippen LogP contribution in [0.2, 0.25) is 0 Å². The Labute approximate surface area is 94.8 Å². The zero-order valence-electron chi connectivity index (χ0n) is 9.42. The largest absolute Gasteiger partial charge is 0.397 e. The lowest BCUT2D eigenvalue weighted by Crippen LogP contribution is -2.43. The molecule has 1 aromatic rings. The van der Waals surface area contributed by atoms with Crippen molar-refractivity contribution < 1.29 is 9.13 Å². The first-order valence-corrected chi connectivity index (χ1v) is 5.50. The number of nitrogens with two attached hydrogens (primary N) is 1. The second-order valence-corrected chi connectivity index (χ2v) is 4.57. The van der Waals surface area contributed by atoms with Gasteiger partial charge in [0.15, 0.2) is 0 Å². The smallest absolute Gasteiger partial charge is 0.125 e. The molecular weight excluding hydrogens is 207 g/mol. The monoisotopic (exact) mass is 224 g/mol. The molecule has 88 valence electrons. The molecule has 0 radical (unpaired) electrons. The van der Waals surface area contributed by atoms with Crippen LogP contribution in [0, 0.1) is 5.82 Å². The van der Waals surface area contributed by atoms with Gasteiger partial charge in [-0.3, -0.25) is 0 Å². The molecule has 0 amide bonds. The number of anilines is 2. The van der Waals surface area contributed by atoms with Crippen LogP contribution in [0.15, 0.2) is 18.2 Å². The Kier molecular flexibility index (Phi) is 3.01. The van der Waals surface area contributed by atoms with Crippen LogP contribution >= 0.6 is 0 Å². The normalized spacial score (nSPS) is 25.4. The predicted molar refractivity (Wildman–Crippen MR) is 62.9 cm³/mol. The lowest BCUT2D eigenvalue weighted by atomic mass is 9.94. The van der Waals surface area contributed by atoms with Gasteiger partial charge in [0.25, 0.3) is 0 Å². The van der Waals surface area contributed by atoms with Crippen molar-refractivity contribution >= 4 is 11.4 Å². The van der Waals surface area contributed by atoms with E-state index in [4.69, 9.17) is 10.5 Å². The molecule has 0 saturated carbocycles. The lowest BCUT2D eigenvalue weighted by Gasteiger charge is -2.35. The summed E-state index contributed by atoms with van der Waals surface area (Å²) in [5, 5.41) is 3.34. The Balaban J connectivity index is 2.13. The van der Waals surface area contributed by atoms with E-state index in [0.717, 1.165) is 25.1 Å². The Morgan fingerprint density at radius 3 is 2.94 bits per heavy atom. The SMILES string of the molecule is CC1(Nc2ccc(F)cc2N)CCCOC1. The Morgan fingerprint density at radius 2 is 2.31 bits per heavy atom. The summed E-state index contributed by atoms with van der Waals surface area (Å²) in [5.41, 5.74) is 6.86. The fraction of sp³-hybridized carbons (Fsp3) is 0.500. The van der Waals surface area contributed by atoms with E-state index < -0.39 is 0 Å². The van der Waals surface area contributed by atoms with Crippen LogP contribution in [0.4, 0.5) is 15.8 Å². The van der Waals surface area contributed by atoms with Gasteiger partial charge in [0, 0.05) is 6.61 Å². The summed E-state index contributed by atoms with van der Waals surface area (Å²) in [7, 11) is 0. The molecule has 16 heavy (non-hydrogen) atoms. The molecule has 3 nitrogen and oxygen atoms in total. The summed E-state index contributed by atoms with van der Waals surface area (Å²) >= 11 is 0. The number of halogens is 1. The first-order chi connectivity index (χ1) is 7.59. The van der Waals surface area contributed by atoms with Gasteiger partial charge in [0.2, 0.25) is 0 Å². The van der Waals surface area contributed by atoms with Crippen molar-refractivity contribution in [3.8, 4) is 0 Å². The third-order valence-corrected chi connectivity index (χ3v) is 2.89. The highest BCUT2D eigenvalue weighted by molar-refractivity contribution is 5.66. The third kappa shape index (κ3) is 2.44. The Hall–Kier alpha value is -1.29. The number of hydrogen-bond donors (Lipinski definition) is 2. The third-order valence-electron chi connectivity index (χ3n) is 2.89. The predicted octanol–water partition coefficient (Wildman–Crippen LogP) is 2.39. The average molecular weight is 224 g/mol. The van der Waals surface area contributed by atoms with E-state index in [0.29, 0.717) is 12.3 Å². The van der Waals surface area contributed by atoms with Crippen LogP contribution in [0.3, 0.4) is 0 Å². The highest BCUT2D eigenvalue weighted by atomic mass is 19.1. The van der Waals surface area contributed by atoms with Crippen LogP contribution in [0.25, 0.3) is 0 Å². The number of nitrogens with one attached hydrogen (secondary N) is 1. The number of ether oxygens (including phenoxy) is 1. The maximum atomic E-state index is 12.9. The molecule has 0 bridgehead atoms. The van der Waals surface area contributed by atoms with E-state index in [2.05, 4.69) is 12.2 Å². The van der Waals surface area contributed by atoms with E-state index in [-0.39, 0.29) is 11.4 Å². The van der Waals surface area contributed by atoms with Crippen molar-refractivity contribution in [2.45, 2.75) is 25.3 Å². The van der Waals surface area contributed by atoms with E-state index in [9.17, 15) is 4.39 Å². The van der Waals surface area contributed by atoms with Gasteiger partial charge in [0.1, 0.15) is 5.82 Å². The fourth-order valence-electron chi connectivity index (χ4n) is 2.01. The highest BCUT2D eigenvalue weighted by Gasteiger charge is 2.27. The summed E-state index contributed by atoms with van der Waals surface area (Å²) in [5.74, 6) is -0.312. The molecule has 1 aromatic carbocycles. The molecule has 1 aliphatic rings. The molecule has 1 unspecified atom stereocenters. The van der Waals surface area contributed by atoms with Crippen molar-refractivity contribution in [3.05, 3.63) is 24.0 Å². The average Bonchev–Trinajstić information content (AvgIpc) is 2.23. The molecule has 2 rings (SSSR count). The first-order valence-electron chi connectivity index (χ1n) is 5.50. The molecule has 0 aromatic heterocycles. The number of benzene rings is 1. The summed E-state index contributed by atoms with van der Waals surface area (Å²) in [6, 6.07) is 4.41. The van der Waals surface area contributed by atoms with Gasteiger partial charge in [-0.25, -0.2) is 4.39 Å². The van der Waals surface area contributed by atoms with Gasteiger partial charge in [-0.2, -0.15) is 0 Å². The van der Waals surface area contributed by atoms with Crippen LogP contribution < -0.4 is 11.1 Å². The minimum absolute atomic E-state index is 0.107. The molecule has 0 aliphatic carbocycles. The zero-order valence-corrected chi connectivity index (χ0v) is 9.42. The van der Waals surface area contributed by atoms with Crippen LogP contribution in [-0.2, 0) is 4.74 Å². The molecular formula is C12H17FN2O. The van der Waals surface area contributed by atoms with E-state index >= 15 is 0 Å². The molecule has 0 spiro atoms. The Morgan fingerprint density at radius 1 is 1.50 bits per heavy atom. The summed E-state index contributed by atoms with van der Waals surface area (Å²) in [4.78, 5) is 0. The number of hydrogen-bond acceptors (Lipinski definition) is 3. The molecule has 1 saturated heterocycles. The topological polar surface area (TPSA) is 47.3 Å². The molecule has 1 heterocycles. The number of rotatable bonds is 2. The number of nitrogen functional groups attached to an aromatic ring is 1. The van der Waals surface area contributed by atoms with Gasteiger partial charge in [0.05, 0.1) is 23.5 Å². The van der Waals surface area contributed by atoms with Gasteiger partial charge in [-0.05, 0) is 38.0 Å². The summed E-state index contributed by atoms with van der Waals surface area (Å²) in [6.45, 7) is 3.56. The minimum atomic E-state index is -0.312. The van der Waals surface area contributed by atoms with Crippen LogP contribution in [0.1, 0.15) is 19.8 Å². The van der Waals surface area contributed by atoms with E-state index in [1.54, 1.807) is 6.07 Å². The van der Waals surface area contributed by atoms with Gasteiger partial charge < -0.3 is 15.8 Å². The van der Waals surface area contributed by atoms with Gasteiger partial charge >= 0.3 is 0 Å². The van der Waals surface area contributed by atoms with Gasteiger partial charge in [-0.15, -0.1) is 0 Å². The molecule has 1 aliphatic heterocycles. The maximum absolute atomic E-state index is 12.9. The van der Waals surface area contributed by atoms with E-state index in [1.165, 1.54) is 12.1 Å². The summed E-state index contributed by atoms with van der Waals surface area (Å²) in [6.07, 6.45) is 2.06. The minimum Gasteiger partial charge on any atom is -0.397 e. The quantitative estimate of drug-likeness (QED) is 0.758. The van der Waals surface area contributed by atoms with Crippen molar-refractivity contribution in [1.29, 1.82) is 0 Å². The standard InChI is InChI=1S/C12H17FN2O/c1-12(5-2-6-16-8-12)15-11-4-3-9(13)7-10(11)14/h3-4,7,15H,2,5-6,8,14H2,1H3. The van der Waals surface area contributed by atoms with Gasteiger partial charge in [-0.1, -0.05) is 0 Å². The van der Waals surface area contributed by atoms with Crippen molar-refractivity contribution in [2.24, 2.45) is 0 Å².